The molecule has 0 fully saturated rings. The molecule has 0 amide bonds. The summed E-state index contributed by atoms with van der Waals surface area (Å²) < 4.78 is 5.20. The summed E-state index contributed by atoms with van der Waals surface area (Å²) in [6.45, 7) is 6.94. The van der Waals surface area contributed by atoms with Crippen LogP contribution in [0.4, 0.5) is 0 Å². The number of hydrogen-bond acceptors (Lipinski definition) is 3. The number of ether oxygens (including phenoxy) is 1. The Labute approximate surface area is 133 Å². The number of nitrogens with zero attached hydrogens (tertiary/aromatic N) is 1. The van der Waals surface area contributed by atoms with E-state index in [4.69, 9.17) is 16.3 Å². The lowest BCUT2D eigenvalue weighted by molar-refractivity contribution is 0.0904. The summed E-state index contributed by atoms with van der Waals surface area (Å²) in [6.07, 6.45) is 2.53. The van der Waals surface area contributed by atoms with Gasteiger partial charge in [0.05, 0.1) is 12.7 Å². The van der Waals surface area contributed by atoms with Crippen molar-refractivity contribution in [2.45, 2.75) is 45.3 Å². The Hall–Kier alpha value is -0.610. The van der Waals surface area contributed by atoms with Gasteiger partial charge in [0.2, 0.25) is 0 Å². The fourth-order valence-electron chi connectivity index (χ4n) is 2.63. The maximum atomic E-state index is 10.3. The fourth-order valence-corrected chi connectivity index (χ4v) is 2.76. The molecule has 0 aromatic heterocycles. The molecular weight excluding hydrogens is 286 g/mol. The Bertz CT molecular complexity index is 379. The molecule has 1 unspecified atom stereocenters. The van der Waals surface area contributed by atoms with Crippen LogP contribution in [0.3, 0.4) is 0 Å². The van der Waals surface area contributed by atoms with Gasteiger partial charge in [-0.25, -0.2) is 0 Å². The number of benzene rings is 1. The van der Waals surface area contributed by atoms with Gasteiger partial charge in [-0.15, -0.1) is 0 Å². The van der Waals surface area contributed by atoms with E-state index in [0.717, 1.165) is 44.5 Å². The summed E-state index contributed by atoms with van der Waals surface area (Å²) in [5.74, 6) is 0. The number of halogens is 1. The normalized spacial score (nSPS) is 13.1. The predicted octanol–water partition coefficient (Wildman–Crippen LogP) is 3.90. The molecule has 21 heavy (non-hydrogen) atoms. The zero-order chi connectivity index (χ0) is 15.7. The standard InChI is InChI=1S/C17H28ClNO2/c1-4-16(5-2)19(12-13-21-3)11-10-17(20)14-6-8-15(18)9-7-14/h6-9,16-17,20H,4-5,10-13H2,1-3H3. The van der Waals surface area contributed by atoms with Gasteiger partial charge < -0.3 is 9.84 Å². The Morgan fingerprint density at radius 2 is 1.76 bits per heavy atom. The Morgan fingerprint density at radius 1 is 1.14 bits per heavy atom. The van der Waals surface area contributed by atoms with Crippen LogP contribution in [0.2, 0.25) is 5.02 Å². The van der Waals surface area contributed by atoms with Gasteiger partial charge in [-0.1, -0.05) is 37.6 Å². The van der Waals surface area contributed by atoms with Crippen molar-refractivity contribution in [3.8, 4) is 0 Å². The van der Waals surface area contributed by atoms with Crippen molar-refractivity contribution >= 4 is 11.6 Å². The van der Waals surface area contributed by atoms with Crippen LogP contribution in [-0.4, -0.2) is 42.9 Å². The maximum Gasteiger partial charge on any atom is 0.0802 e. The smallest absolute Gasteiger partial charge is 0.0802 e. The lowest BCUT2D eigenvalue weighted by Crippen LogP contribution is -2.38. The van der Waals surface area contributed by atoms with E-state index in [1.807, 2.05) is 24.3 Å². The second kappa shape index (κ2) is 10.2. The van der Waals surface area contributed by atoms with Crippen molar-refractivity contribution < 1.29 is 9.84 Å². The Morgan fingerprint density at radius 3 is 2.29 bits per heavy atom. The van der Waals surface area contributed by atoms with Gasteiger partial charge in [-0.05, 0) is 37.0 Å². The monoisotopic (exact) mass is 313 g/mol. The van der Waals surface area contributed by atoms with E-state index < -0.39 is 6.10 Å². The molecule has 3 nitrogen and oxygen atoms in total. The van der Waals surface area contributed by atoms with Gasteiger partial charge in [-0.3, -0.25) is 4.90 Å². The number of hydrogen-bond donors (Lipinski definition) is 1. The van der Waals surface area contributed by atoms with Crippen molar-refractivity contribution in [1.82, 2.24) is 4.90 Å². The van der Waals surface area contributed by atoms with Crippen molar-refractivity contribution in [3.05, 3.63) is 34.9 Å². The third kappa shape index (κ3) is 6.35. The van der Waals surface area contributed by atoms with Crippen LogP contribution in [0.15, 0.2) is 24.3 Å². The minimum absolute atomic E-state index is 0.443. The van der Waals surface area contributed by atoms with Crippen molar-refractivity contribution in [3.63, 3.8) is 0 Å². The molecule has 1 aromatic rings. The number of aliphatic hydroxyl groups excluding tert-OH is 1. The molecule has 0 radical (unpaired) electrons. The highest BCUT2D eigenvalue weighted by molar-refractivity contribution is 6.30. The van der Waals surface area contributed by atoms with Gasteiger partial charge in [0.25, 0.3) is 0 Å². The molecule has 0 aliphatic carbocycles. The summed E-state index contributed by atoms with van der Waals surface area (Å²) in [4.78, 5) is 2.42. The molecule has 0 saturated heterocycles. The molecular formula is C17H28ClNO2. The maximum absolute atomic E-state index is 10.3. The average molecular weight is 314 g/mol. The quantitative estimate of drug-likeness (QED) is 0.711. The van der Waals surface area contributed by atoms with E-state index in [0.29, 0.717) is 11.1 Å². The van der Waals surface area contributed by atoms with Crippen LogP contribution in [0.1, 0.15) is 44.8 Å². The molecule has 4 heteroatoms. The van der Waals surface area contributed by atoms with Crippen LogP contribution in [0.5, 0.6) is 0 Å². The highest BCUT2D eigenvalue weighted by Gasteiger charge is 2.17. The van der Waals surface area contributed by atoms with Crippen molar-refractivity contribution in [2.24, 2.45) is 0 Å². The van der Waals surface area contributed by atoms with Crippen molar-refractivity contribution in [2.75, 3.05) is 26.8 Å². The highest BCUT2D eigenvalue weighted by Crippen LogP contribution is 2.20. The second-order valence-electron chi connectivity index (χ2n) is 5.36. The summed E-state index contributed by atoms with van der Waals surface area (Å²) in [7, 11) is 1.73. The first-order chi connectivity index (χ1) is 10.1. The van der Waals surface area contributed by atoms with Crippen LogP contribution in [0.25, 0.3) is 0 Å². The number of rotatable bonds is 10. The topological polar surface area (TPSA) is 32.7 Å². The van der Waals surface area contributed by atoms with Gasteiger partial charge >= 0.3 is 0 Å². The third-order valence-electron chi connectivity index (χ3n) is 3.99. The van der Waals surface area contributed by atoms with E-state index in [9.17, 15) is 5.11 Å². The molecule has 1 N–H and O–H groups in total. The van der Waals surface area contributed by atoms with E-state index in [-0.39, 0.29) is 0 Å². The Balaban J connectivity index is 2.56. The van der Waals surface area contributed by atoms with E-state index in [2.05, 4.69) is 18.7 Å². The predicted molar refractivity (Wildman–Crippen MR) is 88.8 cm³/mol. The van der Waals surface area contributed by atoms with Gasteiger partial charge in [0, 0.05) is 31.3 Å². The summed E-state index contributed by atoms with van der Waals surface area (Å²) >= 11 is 5.88. The van der Waals surface area contributed by atoms with Gasteiger partial charge in [0.1, 0.15) is 0 Å². The molecule has 0 bridgehead atoms. The molecule has 0 saturated carbocycles. The molecule has 0 spiro atoms. The fraction of sp³-hybridized carbons (Fsp3) is 0.647. The lowest BCUT2D eigenvalue weighted by atomic mass is 10.0. The molecule has 1 rings (SSSR count). The zero-order valence-corrected chi connectivity index (χ0v) is 14.1. The van der Waals surface area contributed by atoms with E-state index in [1.165, 1.54) is 0 Å². The summed E-state index contributed by atoms with van der Waals surface area (Å²) in [6, 6.07) is 7.98. The number of aliphatic hydroxyl groups is 1. The average Bonchev–Trinajstić information content (AvgIpc) is 2.50. The van der Waals surface area contributed by atoms with E-state index in [1.54, 1.807) is 7.11 Å². The van der Waals surface area contributed by atoms with Gasteiger partial charge in [0.15, 0.2) is 0 Å². The molecule has 1 aromatic carbocycles. The minimum Gasteiger partial charge on any atom is -0.388 e. The third-order valence-corrected chi connectivity index (χ3v) is 4.24. The second-order valence-corrected chi connectivity index (χ2v) is 5.79. The molecule has 0 aliphatic heterocycles. The Kier molecular flexibility index (Phi) is 8.93. The first-order valence-corrected chi connectivity index (χ1v) is 8.16. The SMILES string of the molecule is CCC(CC)N(CCOC)CCC(O)c1ccc(Cl)cc1. The van der Waals surface area contributed by atoms with Crippen LogP contribution in [0, 0.1) is 0 Å². The van der Waals surface area contributed by atoms with Crippen LogP contribution >= 0.6 is 11.6 Å². The minimum atomic E-state index is -0.443. The first-order valence-electron chi connectivity index (χ1n) is 7.78. The van der Waals surface area contributed by atoms with Crippen LogP contribution in [-0.2, 0) is 4.74 Å². The summed E-state index contributed by atoms with van der Waals surface area (Å²) in [5, 5.41) is 11.0. The number of methoxy groups -OCH3 is 1. The highest BCUT2D eigenvalue weighted by atomic mass is 35.5. The van der Waals surface area contributed by atoms with Crippen LogP contribution < -0.4 is 0 Å². The largest absolute Gasteiger partial charge is 0.388 e. The molecule has 1 atom stereocenters. The molecule has 120 valence electrons. The summed E-state index contributed by atoms with van der Waals surface area (Å²) in [5.41, 5.74) is 0.927. The lowest BCUT2D eigenvalue weighted by Gasteiger charge is -2.31. The van der Waals surface area contributed by atoms with Crippen molar-refractivity contribution in [1.29, 1.82) is 0 Å². The zero-order valence-electron chi connectivity index (χ0n) is 13.4. The molecule has 0 heterocycles. The molecule has 0 aliphatic rings. The van der Waals surface area contributed by atoms with E-state index >= 15 is 0 Å². The first kappa shape index (κ1) is 18.4. The van der Waals surface area contributed by atoms with Gasteiger partial charge in [-0.2, -0.15) is 0 Å².